The molecule has 0 heterocycles. The van der Waals surface area contributed by atoms with Gasteiger partial charge in [0.15, 0.2) is 0 Å². The molecule has 1 saturated carbocycles. The van der Waals surface area contributed by atoms with Crippen LogP contribution < -0.4 is 9.47 Å². The maximum atomic E-state index is 9.68. The summed E-state index contributed by atoms with van der Waals surface area (Å²) in [5.41, 5.74) is 0.492. The number of hydrogen-bond acceptors (Lipinski definition) is 4. The summed E-state index contributed by atoms with van der Waals surface area (Å²) in [6.45, 7) is 0. The van der Waals surface area contributed by atoms with E-state index in [1.165, 1.54) is 0 Å². The average molecular weight is 233 g/mol. The predicted octanol–water partition coefficient (Wildman–Crippen LogP) is 1.86. The van der Waals surface area contributed by atoms with Gasteiger partial charge >= 0.3 is 0 Å². The Bertz CT molecular complexity index is 439. The molecule has 0 aromatic heterocycles. The van der Waals surface area contributed by atoms with Crippen molar-refractivity contribution in [3.05, 3.63) is 23.8 Å². The zero-order valence-corrected chi connectivity index (χ0v) is 9.72. The number of aliphatic hydroxyl groups excluding tert-OH is 1. The van der Waals surface area contributed by atoms with Crippen molar-refractivity contribution in [2.24, 2.45) is 0 Å². The van der Waals surface area contributed by atoms with Gasteiger partial charge in [-0.05, 0) is 31.4 Å². The van der Waals surface area contributed by atoms with E-state index in [-0.39, 0.29) is 6.10 Å². The Balaban J connectivity index is 2.17. The van der Waals surface area contributed by atoms with Gasteiger partial charge in [-0.25, -0.2) is 0 Å². The van der Waals surface area contributed by atoms with Gasteiger partial charge in [-0.15, -0.1) is 0 Å². The lowest BCUT2D eigenvalue weighted by molar-refractivity contribution is 0.0602. The molecule has 1 aromatic carbocycles. The molecule has 90 valence electrons. The molecule has 0 aliphatic heterocycles. The molecule has 0 amide bonds. The Hall–Kier alpha value is -1.73. The van der Waals surface area contributed by atoms with E-state index in [4.69, 9.17) is 14.7 Å². The largest absolute Gasteiger partial charge is 0.497 e. The standard InChI is InChI=1S/C13H15NO3/c1-16-10-5-9(8-14)6-11(7-10)17-13-4-2-3-12(13)15/h5-7,12-13,15H,2-4H2,1H3. The molecule has 1 aliphatic rings. The highest BCUT2D eigenvalue weighted by molar-refractivity contribution is 5.44. The topological polar surface area (TPSA) is 62.5 Å². The number of aliphatic hydroxyl groups is 1. The number of nitrogens with zero attached hydrogens (tertiary/aromatic N) is 1. The molecule has 0 radical (unpaired) electrons. The molecule has 17 heavy (non-hydrogen) atoms. The molecule has 2 unspecified atom stereocenters. The van der Waals surface area contributed by atoms with Gasteiger partial charge in [0.1, 0.15) is 17.6 Å². The zero-order valence-electron chi connectivity index (χ0n) is 9.72. The Morgan fingerprint density at radius 2 is 2.06 bits per heavy atom. The molecular formula is C13H15NO3. The molecule has 4 nitrogen and oxygen atoms in total. The SMILES string of the molecule is COc1cc(C#N)cc(OC2CCCC2O)c1. The molecule has 0 bridgehead atoms. The molecule has 1 N–H and O–H groups in total. The maximum absolute atomic E-state index is 9.68. The van der Waals surface area contributed by atoms with Crippen molar-refractivity contribution in [3.8, 4) is 17.6 Å². The molecular weight excluding hydrogens is 218 g/mol. The van der Waals surface area contributed by atoms with Crippen LogP contribution in [-0.4, -0.2) is 24.4 Å². The summed E-state index contributed by atoms with van der Waals surface area (Å²) >= 11 is 0. The lowest BCUT2D eigenvalue weighted by atomic mass is 10.2. The molecule has 1 aliphatic carbocycles. The van der Waals surface area contributed by atoms with Crippen LogP contribution in [0.25, 0.3) is 0 Å². The smallest absolute Gasteiger partial charge is 0.124 e. The van der Waals surface area contributed by atoms with Crippen molar-refractivity contribution in [1.29, 1.82) is 5.26 Å². The van der Waals surface area contributed by atoms with Gasteiger partial charge in [-0.3, -0.25) is 0 Å². The fourth-order valence-corrected chi connectivity index (χ4v) is 2.04. The highest BCUT2D eigenvalue weighted by atomic mass is 16.5. The molecule has 0 spiro atoms. The third-order valence-electron chi connectivity index (χ3n) is 2.95. The summed E-state index contributed by atoms with van der Waals surface area (Å²) in [5, 5.41) is 18.6. The van der Waals surface area contributed by atoms with Gasteiger partial charge in [0, 0.05) is 6.07 Å². The Kier molecular flexibility index (Phi) is 3.50. The van der Waals surface area contributed by atoms with Crippen molar-refractivity contribution >= 4 is 0 Å². The molecule has 1 aromatic rings. The quantitative estimate of drug-likeness (QED) is 0.865. The average Bonchev–Trinajstić information content (AvgIpc) is 2.74. The molecule has 1 fully saturated rings. The summed E-state index contributed by atoms with van der Waals surface area (Å²) in [6.07, 6.45) is 2.02. The third kappa shape index (κ3) is 2.69. The van der Waals surface area contributed by atoms with Crippen molar-refractivity contribution in [2.75, 3.05) is 7.11 Å². The minimum atomic E-state index is -0.410. The minimum Gasteiger partial charge on any atom is -0.497 e. The highest BCUT2D eigenvalue weighted by Gasteiger charge is 2.27. The van der Waals surface area contributed by atoms with Crippen molar-refractivity contribution in [3.63, 3.8) is 0 Å². The minimum absolute atomic E-state index is 0.173. The number of rotatable bonds is 3. The maximum Gasteiger partial charge on any atom is 0.124 e. The number of hydrogen-bond donors (Lipinski definition) is 1. The van der Waals surface area contributed by atoms with E-state index in [9.17, 15) is 5.11 Å². The van der Waals surface area contributed by atoms with Crippen LogP contribution in [0.5, 0.6) is 11.5 Å². The summed E-state index contributed by atoms with van der Waals surface area (Å²) in [6, 6.07) is 7.09. The van der Waals surface area contributed by atoms with Crippen LogP contribution in [0.3, 0.4) is 0 Å². The van der Waals surface area contributed by atoms with Gasteiger partial charge in [-0.2, -0.15) is 5.26 Å². The van der Waals surface area contributed by atoms with Crippen LogP contribution in [0.4, 0.5) is 0 Å². The highest BCUT2D eigenvalue weighted by Crippen LogP contribution is 2.28. The van der Waals surface area contributed by atoms with E-state index in [0.717, 1.165) is 19.3 Å². The van der Waals surface area contributed by atoms with Crippen LogP contribution in [-0.2, 0) is 0 Å². The Morgan fingerprint density at radius 3 is 2.65 bits per heavy atom. The summed E-state index contributed by atoms with van der Waals surface area (Å²) in [7, 11) is 1.55. The van der Waals surface area contributed by atoms with Gasteiger partial charge in [0.05, 0.1) is 24.8 Å². The van der Waals surface area contributed by atoms with Crippen LogP contribution in [0.1, 0.15) is 24.8 Å². The van der Waals surface area contributed by atoms with E-state index in [0.29, 0.717) is 17.1 Å². The fourth-order valence-electron chi connectivity index (χ4n) is 2.04. The second-order valence-corrected chi connectivity index (χ2v) is 4.16. The van der Waals surface area contributed by atoms with E-state index < -0.39 is 6.10 Å². The Labute approximate surface area is 100 Å². The summed E-state index contributed by atoms with van der Waals surface area (Å²) in [4.78, 5) is 0. The van der Waals surface area contributed by atoms with E-state index in [1.807, 2.05) is 0 Å². The normalized spacial score (nSPS) is 23.1. The summed E-state index contributed by atoms with van der Waals surface area (Å²) in [5.74, 6) is 1.17. The first-order chi connectivity index (χ1) is 8.22. The third-order valence-corrected chi connectivity index (χ3v) is 2.95. The molecule has 2 rings (SSSR count). The van der Waals surface area contributed by atoms with E-state index >= 15 is 0 Å². The van der Waals surface area contributed by atoms with Gasteiger partial charge in [0.25, 0.3) is 0 Å². The second kappa shape index (κ2) is 5.07. The van der Waals surface area contributed by atoms with Crippen molar-refractivity contribution in [2.45, 2.75) is 31.5 Å². The van der Waals surface area contributed by atoms with Gasteiger partial charge in [-0.1, -0.05) is 0 Å². The first-order valence-corrected chi connectivity index (χ1v) is 5.67. The van der Waals surface area contributed by atoms with E-state index in [1.54, 1.807) is 25.3 Å². The summed E-state index contributed by atoms with van der Waals surface area (Å²) < 4.78 is 10.8. The fraction of sp³-hybridized carbons (Fsp3) is 0.462. The van der Waals surface area contributed by atoms with Crippen LogP contribution >= 0.6 is 0 Å². The number of benzene rings is 1. The number of nitriles is 1. The zero-order chi connectivity index (χ0) is 12.3. The molecule has 2 atom stereocenters. The van der Waals surface area contributed by atoms with Crippen LogP contribution in [0, 0.1) is 11.3 Å². The van der Waals surface area contributed by atoms with Crippen molar-refractivity contribution < 1.29 is 14.6 Å². The monoisotopic (exact) mass is 233 g/mol. The lowest BCUT2D eigenvalue weighted by Gasteiger charge is -2.17. The van der Waals surface area contributed by atoms with Crippen LogP contribution in [0.2, 0.25) is 0 Å². The second-order valence-electron chi connectivity index (χ2n) is 4.16. The van der Waals surface area contributed by atoms with E-state index in [2.05, 4.69) is 6.07 Å². The Morgan fingerprint density at radius 1 is 1.29 bits per heavy atom. The number of ether oxygens (including phenoxy) is 2. The number of methoxy groups -OCH3 is 1. The lowest BCUT2D eigenvalue weighted by Crippen LogP contribution is -2.25. The first-order valence-electron chi connectivity index (χ1n) is 5.67. The molecule has 0 saturated heterocycles. The van der Waals surface area contributed by atoms with Gasteiger partial charge in [0.2, 0.25) is 0 Å². The molecule has 4 heteroatoms. The first kappa shape index (κ1) is 11.7. The van der Waals surface area contributed by atoms with Gasteiger partial charge < -0.3 is 14.6 Å². The predicted molar refractivity (Wildman–Crippen MR) is 62.0 cm³/mol. The van der Waals surface area contributed by atoms with Crippen molar-refractivity contribution in [1.82, 2.24) is 0 Å². The van der Waals surface area contributed by atoms with Crippen LogP contribution in [0.15, 0.2) is 18.2 Å².